The van der Waals surface area contributed by atoms with E-state index < -0.39 is 0 Å². The van der Waals surface area contributed by atoms with E-state index in [-0.39, 0.29) is 0 Å². The lowest BCUT2D eigenvalue weighted by Crippen LogP contribution is -2.21. The number of thioether (sulfide) groups is 1. The molecule has 1 aromatic carbocycles. The Morgan fingerprint density at radius 2 is 2.06 bits per heavy atom. The maximum atomic E-state index is 4.56. The molecule has 0 amide bonds. The molecule has 2 aliphatic rings. The number of aliphatic imine (C=N–C) groups is 1. The number of hydrogen-bond acceptors (Lipinski definition) is 3. The minimum absolute atomic E-state index is 0.517. The summed E-state index contributed by atoms with van der Waals surface area (Å²) >= 11 is 1.87. The third kappa shape index (κ3) is 2.40. The summed E-state index contributed by atoms with van der Waals surface area (Å²) in [6.45, 7) is 2.04. The molecule has 1 unspecified atom stereocenters. The molecule has 16 heavy (non-hydrogen) atoms. The zero-order valence-corrected chi connectivity index (χ0v) is 10.0. The molecule has 1 heterocycles. The minimum Gasteiger partial charge on any atom is -0.365 e. The molecule has 1 fully saturated rings. The first-order chi connectivity index (χ1) is 7.92. The monoisotopic (exact) mass is 232 g/mol. The third-order valence-electron chi connectivity index (χ3n) is 3.06. The van der Waals surface area contributed by atoms with E-state index in [4.69, 9.17) is 0 Å². The van der Waals surface area contributed by atoms with Gasteiger partial charge in [0.05, 0.1) is 11.8 Å². The molecule has 0 radical (unpaired) electrons. The van der Waals surface area contributed by atoms with Gasteiger partial charge in [-0.2, -0.15) is 0 Å². The second-order valence-electron chi connectivity index (χ2n) is 4.49. The van der Waals surface area contributed by atoms with E-state index >= 15 is 0 Å². The van der Waals surface area contributed by atoms with Crippen molar-refractivity contribution in [2.75, 3.05) is 13.1 Å². The van der Waals surface area contributed by atoms with Gasteiger partial charge < -0.3 is 5.32 Å². The van der Waals surface area contributed by atoms with Crippen LogP contribution in [0.4, 0.5) is 0 Å². The number of nitrogens with one attached hydrogen (secondary N) is 1. The Balaban J connectivity index is 1.54. The van der Waals surface area contributed by atoms with Crippen molar-refractivity contribution in [2.24, 2.45) is 10.9 Å². The van der Waals surface area contributed by atoms with Gasteiger partial charge in [0.25, 0.3) is 0 Å². The first kappa shape index (κ1) is 10.2. The predicted molar refractivity (Wildman–Crippen MR) is 69.8 cm³/mol. The van der Waals surface area contributed by atoms with Crippen molar-refractivity contribution in [3.8, 4) is 0 Å². The minimum atomic E-state index is 0.517. The average molecular weight is 232 g/mol. The number of rotatable bonds is 3. The van der Waals surface area contributed by atoms with Gasteiger partial charge in [-0.15, -0.1) is 0 Å². The van der Waals surface area contributed by atoms with E-state index in [1.54, 1.807) is 0 Å². The van der Waals surface area contributed by atoms with E-state index in [1.165, 1.54) is 18.4 Å². The standard InChI is InChI=1S/C13H16N2S/c1-2-4-11(5-3-1)12-9-15-13(16-12)14-8-10-6-7-10/h1-5,10,12H,6-9H2,(H,14,15). The summed E-state index contributed by atoms with van der Waals surface area (Å²) in [7, 11) is 0. The van der Waals surface area contributed by atoms with Crippen molar-refractivity contribution < 1.29 is 0 Å². The quantitative estimate of drug-likeness (QED) is 0.866. The van der Waals surface area contributed by atoms with Gasteiger partial charge >= 0.3 is 0 Å². The average Bonchev–Trinajstić information content (AvgIpc) is 3.05. The molecule has 84 valence electrons. The SMILES string of the molecule is c1ccc(C2CN=C(NCC3CC3)S2)cc1. The van der Waals surface area contributed by atoms with Gasteiger partial charge in [0, 0.05) is 6.54 Å². The molecule has 0 aromatic heterocycles. The maximum Gasteiger partial charge on any atom is 0.157 e. The highest BCUT2D eigenvalue weighted by atomic mass is 32.2. The van der Waals surface area contributed by atoms with Crippen LogP contribution in [0.1, 0.15) is 23.7 Å². The van der Waals surface area contributed by atoms with Crippen LogP contribution < -0.4 is 5.32 Å². The van der Waals surface area contributed by atoms with Crippen molar-refractivity contribution >= 4 is 16.9 Å². The summed E-state index contributed by atoms with van der Waals surface area (Å²) in [5, 5.41) is 5.11. The van der Waals surface area contributed by atoms with Gasteiger partial charge in [-0.1, -0.05) is 42.1 Å². The second kappa shape index (κ2) is 4.50. The molecule has 1 atom stereocenters. The normalized spacial score (nSPS) is 24.2. The largest absolute Gasteiger partial charge is 0.365 e. The molecule has 3 rings (SSSR count). The van der Waals surface area contributed by atoms with Crippen LogP contribution in [0.5, 0.6) is 0 Å². The Kier molecular flexibility index (Phi) is 2.87. The molecule has 2 nitrogen and oxygen atoms in total. The van der Waals surface area contributed by atoms with E-state index in [0.717, 1.165) is 24.2 Å². The van der Waals surface area contributed by atoms with Crippen molar-refractivity contribution in [1.82, 2.24) is 5.32 Å². The molecular weight excluding hydrogens is 216 g/mol. The zero-order valence-electron chi connectivity index (χ0n) is 9.23. The summed E-state index contributed by atoms with van der Waals surface area (Å²) in [5.41, 5.74) is 1.39. The van der Waals surface area contributed by atoms with E-state index in [9.17, 15) is 0 Å². The molecule has 0 saturated heterocycles. The lowest BCUT2D eigenvalue weighted by atomic mass is 10.1. The van der Waals surface area contributed by atoms with Crippen molar-refractivity contribution in [1.29, 1.82) is 0 Å². The van der Waals surface area contributed by atoms with Crippen LogP contribution in [0.2, 0.25) is 0 Å². The number of hydrogen-bond donors (Lipinski definition) is 1. The number of amidine groups is 1. The van der Waals surface area contributed by atoms with E-state index in [0.29, 0.717) is 5.25 Å². The second-order valence-corrected chi connectivity index (χ2v) is 5.68. The highest BCUT2D eigenvalue weighted by Crippen LogP contribution is 2.35. The Bertz CT molecular complexity index is 384. The van der Waals surface area contributed by atoms with Gasteiger partial charge in [0.2, 0.25) is 0 Å². The Morgan fingerprint density at radius 1 is 1.25 bits per heavy atom. The molecule has 0 bridgehead atoms. The topological polar surface area (TPSA) is 24.4 Å². The number of benzene rings is 1. The van der Waals surface area contributed by atoms with Crippen LogP contribution in [-0.4, -0.2) is 18.3 Å². The molecule has 0 spiro atoms. The summed E-state index contributed by atoms with van der Waals surface area (Å²) in [6, 6.07) is 10.7. The van der Waals surface area contributed by atoms with Crippen LogP contribution in [-0.2, 0) is 0 Å². The number of nitrogens with zero attached hydrogens (tertiary/aromatic N) is 1. The fourth-order valence-corrected chi connectivity index (χ4v) is 2.89. The first-order valence-electron chi connectivity index (χ1n) is 5.92. The van der Waals surface area contributed by atoms with Gasteiger partial charge in [-0.05, 0) is 24.3 Å². The van der Waals surface area contributed by atoms with Crippen LogP contribution in [0, 0.1) is 5.92 Å². The van der Waals surface area contributed by atoms with Crippen LogP contribution in [0.3, 0.4) is 0 Å². The Morgan fingerprint density at radius 3 is 2.81 bits per heavy atom. The van der Waals surface area contributed by atoms with Crippen LogP contribution in [0.25, 0.3) is 0 Å². The maximum absolute atomic E-state index is 4.56. The summed E-state index contributed by atoms with van der Waals surface area (Å²) in [4.78, 5) is 4.56. The molecule has 1 aliphatic carbocycles. The van der Waals surface area contributed by atoms with Crippen LogP contribution in [0.15, 0.2) is 35.3 Å². The lowest BCUT2D eigenvalue weighted by Gasteiger charge is -2.08. The highest BCUT2D eigenvalue weighted by Gasteiger charge is 2.24. The van der Waals surface area contributed by atoms with Gasteiger partial charge in [-0.3, -0.25) is 4.99 Å². The third-order valence-corrected chi connectivity index (χ3v) is 4.27. The molecule has 1 aliphatic heterocycles. The fourth-order valence-electron chi connectivity index (χ4n) is 1.87. The van der Waals surface area contributed by atoms with E-state index in [1.807, 2.05) is 11.8 Å². The van der Waals surface area contributed by atoms with Crippen molar-refractivity contribution in [3.05, 3.63) is 35.9 Å². The first-order valence-corrected chi connectivity index (χ1v) is 6.80. The fraction of sp³-hybridized carbons (Fsp3) is 0.462. The predicted octanol–water partition coefficient (Wildman–Crippen LogP) is 2.83. The molecule has 1 N–H and O–H groups in total. The smallest absolute Gasteiger partial charge is 0.157 e. The van der Waals surface area contributed by atoms with Crippen LogP contribution >= 0.6 is 11.8 Å². The summed E-state index contributed by atoms with van der Waals surface area (Å²) in [5.74, 6) is 0.916. The summed E-state index contributed by atoms with van der Waals surface area (Å²) in [6.07, 6.45) is 2.79. The molecule has 1 saturated carbocycles. The van der Waals surface area contributed by atoms with E-state index in [2.05, 4.69) is 40.6 Å². The highest BCUT2D eigenvalue weighted by molar-refractivity contribution is 8.14. The Hall–Kier alpha value is -0.960. The Labute approximate surface area is 101 Å². The molecule has 1 aromatic rings. The lowest BCUT2D eigenvalue weighted by molar-refractivity contribution is 0.777. The van der Waals surface area contributed by atoms with Gasteiger partial charge in [0.15, 0.2) is 5.17 Å². The van der Waals surface area contributed by atoms with Crippen molar-refractivity contribution in [3.63, 3.8) is 0 Å². The summed E-state index contributed by atoms with van der Waals surface area (Å²) < 4.78 is 0. The molecule has 3 heteroatoms. The molecular formula is C13H16N2S. The van der Waals surface area contributed by atoms with Crippen molar-refractivity contribution in [2.45, 2.75) is 18.1 Å². The zero-order chi connectivity index (χ0) is 10.8. The van der Waals surface area contributed by atoms with Gasteiger partial charge in [0.1, 0.15) is 0 Å². The van der Waals surface area contributed by atoms with Gasteiger partial charge in [-0.25, -0.2) is 0 Å².